The van der Waals surface area contributed by atoms with E-state index >= 15 is 0 Å². The molecule has 1 heterocycles. The van der Waals surface area contributed by atoms with E-state index in [4.69, 9.17) is 0 Å². The molecule has 0 fully saturated rings. The molecule has 4 rings (SSSR count). The van der Waals surface area contributed by atoms with Crippen molar-refractivity contribution in [1.82, 2.24) is 9.97 Å². The second-order valence-electron chi connectivity index (χ2n) is 6.77. The van der Waals surface area contributed by atoms with Crippen LogP contribution in [-0.4, -0.2) is 33.0 Å². The summed E-state index contributed by atoms with van der Waals surface area (Å²) in [5.74, 6) is 0.552. The minimum Gasteiger partial charge on any atom is -0.293 e. The number of carbonyl (C=O) groups excluding carboxylic acids is 2. The second kappa shape index (κ2) is 10.7. The van der Waals surface area contributed by atoms with Crippen molar-refractivity contribution in [3.63, 3.8) is 0 Å². The highest BCUT2D eigenvalue weighted by Crippen LogP contribution is 2.29. The number of rotatable bonds is 8. The molecule has 0 unspecified atom stereocenters. The minimum absolute atomic E-state index is 0.0128. The van der Waals surface area contributed by atoms with Crippen LogP contribution in [0.2, 0.25) is 0 Å². The van der Waals surface area contributed by atoms with Crippen molar-refractivity contribution in [2.45, 2.75) is 10.2 Å². The Hall–Kier alpha value is -2.00. The summed E-state index contributed by atoms with van der Waals surface area (Å²) in [7, 11) is 0. The lowest BCUT2D eigenvalue weighted by atomic mass is 10.2. The molecule has 0 aliphatic heterocycles. The van der Waals surface area contributed by atoms with Gasteiger partial charge in [0.05, 0.1) is 17.0 Å². The third-order valence-corrected chi connectivity index (χ3v) is 7.45. The van der Waals surface area contributed by atoms with E-state index in [2.05, 4.69) is 41.8 Å². The Balaban J connectivity index is 1.50. The maximum Gasteiger partial charge on any atom is 0.189 e. The Bertz CT molecular complexity index is 1280. The average Bonchev–Trinajstić information content (AvgIpc) is 2.81. The topological polar surface area (TPSA) is 59.9 Å². The van der Waals surface area contributed by atoms with Gasteiger partial charge in [-0.3, -0.25) is 9.59 Å². The molecule has 0 radical (unpaired) electrons. The van der Waals surface area contributed by atoms with Crippen LogP contribution in [0, 0.1) is 0 Å². The highest BCUT2D eigenvalue weighted by Gasteiger charge is 2.14. The van der Waals surface area contributed by atoms with Crippen molar-refractivity contribution in [3.05, 3.63) is 92.9 Å². The van der Waals surface area contributed by atoms with E-state index in [9.17, 15) is 9.59 Å². The van der Waals surface area contributed by atoms with E-state index in [1.807, 2.05) is 48.5 Å². The monoisotopic (exact) mass is 586 g/mol. The van der Waals surface area contributed by atoms with Crippen LogP contribution in [0.25, 0.3) is 10.9 Å². The van der Waals surface area contributed by atoms with E-state index in [1.165, 1.54) is 23.5 Å². The standard InChI is InChI=1S/C24H16Br2N2O2S2/c25-17-9-5-15(6-10-17)21(29)13-31-23-19-3-1-2-4-20(19)27-24(28-23)32-14-22(30)16-7-11-18(26)12-8-16/h1-12H,13-14H2. The molecule has 0 aliphatic rings. The van der Waals surface area contributed by atoms with Crippen molar-refractivity contribution in [3.8, 4) is 0 Å². The molecule has 0 N–H and O–H groups in total. The van der Waals surface area contributed by atoms with Gasteiger partial charge in [0.2, 0.25) is 0 Å². The molecule has 1 aromatic heterocycles. The van der Waals surface area contributed by atoms with Crippen molar-refractivity contribution < 1.29 is 9.59 Å². The number of Topliss-reactive ketones (excluding diaryl/α,β-unsaturated/α-hetero) is 2. The van der Waals surface area contributed by atoms with Crippen molar-refractivity contribution in [1.29, 1.82) is 0 Å². The van der Waals surface area contributed by atoms with Gasteiger partial charge >= 0.3 is 0 Å². The van der Waals surface area contributed by atoms with E-state index < -0.39 is 0 Å². The number of nitrogens with zero attached hydrogens (tertiary/aromatic N) is 2. The number of para-hydroxylation sites is 1. The molecular formula is C24H16Br2N2O2S2. The second-order valence-corrected chi connectivity index (χ2v) is 10.5. The van der Waals surface area contributed by atoms with Gasteiger partial charge in [0, 0.05) is 25.5 Å². The van der Waals surface area contributed by atoms with Crippen LogP contribution in [-0.2, 0) is 0 Å². The predicted molar refractivity (Wildman–Crippen MR) is 138 cm³/mol. The summed E-state index contributed by atoms with van der Waals surface area (Å²) in [6, 6.07) is 22.3. The summed E-state index contributed by atoms with van der Waals surface area (Å²) in [4.78, 5) is 34.4. The third-order valence-electron chi connectivity index (χ3n) is 4.55. The fourth-order valence-electron chi connectivity index (χ4n) is 2.90. The Kier molecular flexibility index (Phi) is 7.78. The van der Waals surface area contributed by atoms with E-state index in [0.29, 0.717) is 16.3 Å². The Morgan fingerprint density at radius 3 is 1.81 bits per heavy atom. The number of benzene rings is 3. The van der Waals surface area contributed by atoms with E-state index in [1.54, 1.807) is 24.3 Å². The molecule has 160 valence electrons. The number of halogens is 2. The first-order valence-corrected chi connectivity index (χ1v) is 13.2. The van der Waals surface area contributed by atoms with E-state index in [-0.39, 0.29) is 23.1 Å². The number of fused-ring (bicyclic) bond motifs is 1. The number of aromatic nitrogens is 2. The summed E-state index contributed by atoms with van der Waals surface area (Å²) in [6.07, 6.45) is 0. The number of thioether (sulfide) groups is 2. The van der Waals surface area contributed by atoms with Crippen LogP contribution >= 0.6 is 55.4 Å². The fourth-order valence-corrected chi connectivity index (χ4v) is 5.15. The quantitative estimate of drug-likeness (QED) is 0.0948. The minimum atomic E-state index is 0.0128. The lowest BCUT2D eigenvalue weighted by molar-refractivity contribution is 0.101. The van der Waals surface area contributed by atoms with Gasteiger partial charge in [0.15, 0.2) is 16.7 Å². The molecule has 0 atom stereocenters. The van der Waals surface area contributed by atoms with Gasteiger partial charge in [-0.25, -0.2) is 9.97 Å². The summed E-state index contributed by atoms with van der Waals surface area (Å²) >= 11 is 9.45. The van der Waals surface area contributed by atoms with Gasteiger partial charge in [0.25, 0.3) is 0 Å². The molecule has 0 saturated heterocycles. The number of hydrogen-bond donors (Lipinski definition) is 0. The third kappa shape index (κ3) is 5.86. The molecule has 3 aromatic carbocycles. The SMILES string of the molecule is O=C(CSc1nc(SCC(=O)c2ccc(Br)cc2)c2ccccc2n1)c1ccc(Br)cc1. The van der Waals surface area contributed by atoms with Crippen molar-refractivity contribution in [2.24, 2.45) is 0 Å². The zero-order valence-electron chi connectivity index (χ0n) is 16.6. The molecule has 4 aromatic rings. The Morgan fingerprint density at radius 2 is 1.22 bits per heavy atom. The Labute approximate surface area is 210 Å². The smallest absolute Gasteiger partial charge is 0.189 e. The van der Waals surface area contributed by atoms with Gasteiger partial charge in [0.1, 0.15) is 5.03 Å². The maximum atomic E-state index is 12.6. The molecule has 8 heteroatoms. The van der Waals surface area contributed by atoms with E-state index in [0.717, 1.165) is 24.9 Å². The number of ketones is 2. The largest absolute Gasteiger partial charge is 0.293 e. The van der Waals surface area contributed by atoms with Crippen LogP contribution in [0.3, 0.4) is 0 Å². The Morgan fingerprint density at radius 1 is 0.688 bits per heavy atom. The van der Waals surface area contributed by atoms with Crippen LogP contribution < -0.4 is 0 Å². The van der Waals surface area contributed by atoms with Gasteiger partial charge < -0.3 is 0 Å². The molecule has 0 spiro atoms. The number of hydrogen-bond acceptors (Lipinski definition) is 6. The first-order valence-electron chi connectivity index (χ1n) is 9.59. The zero-order chi connectivity index (χ0) is 22.5. The summed E-state index contributed by atoms with van der Waals surface area (Å²) in [5.41, 5.74) is 2.10. The molecule has 0 saturated carbocycles. The highest BCUT2D eigenvalue weighted by atomic mass is 79.9. The summed E-state index contributed by atoms with van der Waals surface area (Å²) in [6.45, 7) is 0. The van der Waals surface area contributed by atoms with Crippen LogP contribution in [0.5, 0.6) is 0 Å². The lowest BCUT2D eigenvalue weighted by Gasteiger charge is -2.08. The predicted octanol–water partition coefficient (Wildman–Crippen LogP) is 7.10. The first-order chi connectivity index (χ1) is 15.5. The molecule has 32 heavy (non-hydrogen) atoms. The maximum absolute atomic E-state index is 12.6. The summed E-state index contributed by atoms with van der Waals surface area (Å²) < 4.78 is 1.86. The van der Waals surface area contributed by atoms with Crippen LogP contribution in [0.4, 0.5) is 0 Å². The number of carbonyl (C=O) groups is 2. The molecule has 0 aliphatic carbocycles. The fraction of sp³-hybridized carbons (Fsp3) is 0.0833. The molecule has 0 amide bonds. The highest BCUT2D eigenvalue weighted by molar-refractivity contribution is 9.10. The van der Waals surface area contributed by atoms with Crippen LogP contribution in [0.15, 0.2) is 91.9 Å². The van der Waals surface area contributed by atoms with Gasteiger partial charge in [-0.15, -0.1) is 0 Å². The molecule has 0 bridgehead atoms. The summed E-state index contributed by atoms with van der Waals surface area (Å²) in [5, 5.41) is 2.15. The van der Waals surface area contributed by atoms with Crippen molar-refractivity contribution >= 4 is 77.9 Å². The zero-order valence-corrected chi connectivity index (χ0v) is 21.4. The molecule has 4 nitrogen and oxygen atoms in total. The first kappa shape index (κ1) is 23.2. The normalized spacial score (nSPS) is 10.9. The van der Waals surface area contributed by atoms with Gasteiger partial charge in [-0.05, 0) is 30.3 Å². The van der Waals surface area contributed by atoms with Crippen molar-refractivity contribution in [2.75, 3.05) is 11.5 Å². The van der Waals surface area contributed by atoms with Crippen LogP contribution in [0.1, 0.15) is 20.7 Å². The molecular weight excluding hydrogens is 572 g/mol. The van der Waals surface area contributed by atoms with Gasteiger partial charge in [-0.1, -0.05) is 97.8 Å². The lowest BCUT2D eigenvalue weighted by Crippen LogP contribution is -2.04. The average molecular weight is 588 g/mol. The van der Waals surface area contributed by atoms with Gasteiger partial charge in [-0.2, -0.15) is 0 Å².